The number of ether oxygens (including phenoxy) is 1. The summed E-state index contributed by atoms with van der Waals surface area (Å²) >= 11 is 0. The molecule has 1 heterocycles. The molecule has 0 N–H and O–H groups in total. The molecule has 1 unspecified atom stereocenters. The standard InChI is InChI=1S/C19H22N2O/c1-21(2)19(17-11-18(22-3)13-20-12-17)16-9-8-14-6-4-5-7-15(14)10-16/h4-7,10-13,19H,8-9H2,1-3H3. The second kappa shape index (κ2) is 6.32. The van der Waals surface area contributed by atoms with Gasteiger partial charge < -0.3 is 4.74 Å². The number of nitrogens with zero attached hydrogens (tertiary/aromatic N) is 2. The Morgan fingerprint density at radius 2 is 1.95 bits per heavy atom. The van der Waals surface area contributed by atoms with Gasteiger partial charge in [-0.1, -0.05) is 30.3 Å². The van der Waals surface area contributed by atoms with Crippen molar-refractivity contribution in [2.45, 2.75) is 18.9 Å². The van der Waals surface area contributed by atoms with Crippen LogP contribution in [0.2, 0.25) is 0 Å². The molecule has 22 heavy (non-hydrogen) atoms. The summed E-state index contributed by atoms with van der Waals surface area (Å²) in [5, 5.41) is 0. The number of methoxy groups -OCH3 is 1. The Bertz CT molecular complexity index is 691. The first-order valence-electron chi connectivity index (χ1n) is 7.63. The number of aromatic nitrogens is 1. The molecule has 0 saturated carbocycles. The fraction of sp³-hybridized carbons (Fsp3) is 0.316. The van der Waals surface area contributed by atoms with Gasteiger partial charge in [0.2, 0.25) is 0 Å². The van der Waals surface area contributed by atoms with Crippen molar-refractivity contribution in [2.24, 2.45) is 0 Å². The third kappa shape index (κ3) is 2.90. The van der Waals surface area contributed by atoms with Crippen molar-refractivity contribution < 1.29 is 4.74 Å². The zero-order valence-electron chi connectivity index (χ0n) is 13.4. The van der Waals surface area contributed by atoms with Gasteiger partial charge in [0.05, 0.1) is 19.3 Å². The van der Waals surface area contributed by atoms with E-state index in [2.05, 4.69) is 60.4 Å². The molecule has 3 rings (SSSR count). The molecule has 3 nitrogen and oxygen atoms in total. The number of likely N-dealkylation sites (N-methyl/N-ethyl adjacent to an activating group) is 1. The maximum atomic E-state index is 5.33. The second-order valence-electron chi connectivity index (χ2n) is 5.94. The Balaban J connectivity index is 2.00. The van der Waals surface area contributed by atoms with Crippen LogP contribution in [0.25, 0.3) is 6.08 Å². The molecular formula is C19H22N2O. The molecular weight excluding hydrogens is 272 g/mol. The van der Waals surface area contributed by atoms with E-state index in [0.29, 0.717) is 0 Å². The fourth-order valence-electron chi connectivity index (χ4n) is 3.21. The molecule has 1 aromatic heterocycles. The van der Waals surface area contributed by atoms with Gasteiger partial charge in [0, 0.05) is 6.20 Å². The van der Waals surface area contributed by atoms with Crippen LogP contribution in [0.3, 0.4) is 0 Å². The van der Waals surface area contributed by atoms with Crippen molar-refractivity contribution in [3.05, 3.63) is 65.0 Å². The van der Waals surface area contributed by atoms with E-state index in [-0.39, 0.29) is 6.04 Å². The van der Waals surface area contributed by atoms with Crippen LogP contribution < -0.4 is 4.74 Å². The van der Waals surface area contributed by atoms with Gasteiger partial charge in [-0.2, -0.15) is 0 Å². The number of benzene rings is 1. The van der Waals surface area contributed by atoms with Crippen LogP contribution in [-0.2, 0) is 6.42 Å². The number of pyridine rings is 1. The van der Waals surface area contributed by atoms with E-state index in [9.17, 15) is 0 Å². The molecule has 0 aliphatic heterocycles. The largest absolute Gasteiger partial charge is 0.495 e. The van der Waals surface area contributed by atoms with Crippen molar-refractivity contribution in [2.75, 3.05) is 21.2 Å². The zero-order chi connectivity index (χ0) is 15.5. The van der Waals surface area contributed by atoms with E-state index in [4.69, 9.17) is 4.74 Å². The van der Waals surface area contributed by atoms with Crippen LogP contribution in [0.5, 0.6) is 5.75 Å². The van der Waals surface area contributed by atoms with E-state index < -0.39 is 0 Å². The predicted octanol–water partition coefficient (Wildman–Crippen LogP) is 3.72. The molecule has 1 atom stereocenters. The Kier molecular flexibility index (Phi) is 4.25. The van der Waals surface area contributed by atoms with Gasteiger partial charge in [-0.05, 0) is 55.3 Å². The first-order valence-corrected chi connectivity index (χ1v) is 7.63. The lowest BCUT2D eigenvalue weighted by Gasteiger charge is -2.30. The highest BCUT2D eigenvalue weighted by Gasteiger charge is 2.22. The molecule has 1 aliphatic carbocycles. The fourth-order valence-corrected chi connectivity index (χ4v) is 3.21. The highest BCUT2D eigenvalue weighted by molar-refractivity contribution is 5.61. The molecule has 114 valence electrons. The molecule has 1 aliphatic rings. The summed E-state index contributed by atoms with van der Waals surface area (Å²) in [5.74, 6) is 0.807. The van der Waals surface area contributed by atoms with Gasteiger partial charge in [0.15, 0.2) is 0 Å². The molecule has 3 heteroatoms. The minimum absolute atomic E-state index is 0.232. The van der Waals surface area contributed by atoms with Crippen molar-refractivity contribution in [3.63, 3.8) is 0 Å². The van der Waals surface area contributed by atoms with Gasteiger partial charge in [0.25, 0.3) is 0 Å². The summed E-state index contributed by atoms with van der Waals surface area (Å²) in [6.07, 6.45) is 8.21. The number of rotatable bonds is 4. The van der Waals surface area contributed by atoms with Crippen LogP contribution >= 0.6 is 0 Å². The van der Waals surface area contributed by atoms with E-state index in [1.165, 1.54) is 22.3 Å². The zero-order valence-corrected chi connectivity index (χ0v) is 13.4. The number of aryl methyl sites for hydroxylation is 1. The number of hydrogen-bond donors (Lipinski definition) is 0. The van der Waals surface area contributed by atoms with E-state index in [1.54, 1.807) is 13.3 Å². The lowest BCUT2D eigenvalue weighted by Crippen LogP contribution is -2.23. The lowest BCUT2D eigenvalue weighted by molar-refractivity contribution is 0.329. The van der Waals surface area contributed by atoms with Crippen molar-refractivity contribution in [3.8, 4) is 5.75 Å². The van der Waals surface area contributed by atoms with Gasteiger partial charge in [0.1, 0.15) is 5.75 Å². The van der Waals surface area contributed by atoms with E-state index >= 15 is 0 Å². The molecule has 0 bridgehead atoms. The SMILES string of the molecule is COc1cncc(C(C2=Cc3ccccc3CC2)N(C)C)c1. The van der Waals surface area contributed by atoms with Gasteiger partial charge in [-0.25, -0.2) is 0 Å². The van der Waals surface area contributed by atoms with Crippen molar-refractivity contribution >= 4 is 6.08 Å². The third-order valence-corrected chi connectivity index (χ3v) is 4.23. The topological polar surface area (TPSA) is 25.4 Å². The summed E-state index contributed by atoms with van der Waals surface area (Å²) < 4.78 is 5.33. The monoisotopic (exact) mass is 294 g/mol. The minimum atomic E-state index is 0.232. The average molecular weight is 294 g/mol. The highest BCUT2D eigenvalue weighted by atomic mass is 16.5. The van der Waals surface area contributed by atoms with Crippen LogP contribution in [0.4, 0.5) is 0 Å². The van der Waals surface area contributed by atoms with Gasteiger partial charge in [-0.15, -0.1) is 0 Å². The van der Waals surface area contributed by atoms with Gasteiger partial charge >= 0.3 is 0 Å². The summed E-state index contributed by atoms with van der Waals surface area (Å²) in [6, 6.07) is 11.0. The maximum absolute atomic E-state index is 5.33. The first-order chi connectivity index (χ1) is 10.7. The Morgan fingerprint density at radius 1 is 1.14 bits per heavy atom. The number of fused-ring (bicyclic) bond motifs is 1. The lowest BCUT2D eigenvalue weighted by atomic mass is 9.86. The van der Waals surface area contributed by atoms with Gasteiger partial charge in [-0.3, -0.25) is 9.88 Å². The predicted molar refractivity (Wildman–Crippen MR) is 90.0 cm³/mol. The van der Waals surface area contributed by atoms with E-state index in [1.807, 2.05) is 6.20 Å². The molecule has 0 saturated heterocycles. The second-order valence-corrected chi connectivity index (χ2v) is 5.94. The third-order valence-electron chi connectivity index (χ3n) is 4.23. The van der Waals surface area contributed by atoms with Crippen LogP contribution in [0, 0.1) is 0 Å². The minimum Gasteiger partial charge on any atom is -0.495 e. The number of hydrogen-bond acceptors (Lipinski definition) is 3. The Hall–Kier alpha value is -2.13. The molecule has 0 radical (unpaired) electrons. The molecule has 0 fully saturated rings. The smallest absolute Gasteiger partial charge is 0.137 e. The van der Waals surface area contributed by atoms with Crippen LogP contribution in [-0.4, -0.2) is 31.1 Å². The van der Waals surface area contributed by atoms with Crippen molar-refractivity contribution in [1.82, 2.24) is 9.88 Å². The normalized spacial score (nSPS) is 15.2. The Labute approximate surface area is 132 Å². The average Bonchev–Trinajstić information content (AvgIpc) is 2.55. The molecule has 0 spiro atoms. The summed E-state index contributed by atoms with van der Waals surface area (Å²) in [4.78, 5) is 6.57. The summed E-state index contributed by atoms with van der Waals surface area (Å²) in [7, 11) is 5.92. The summed E-state index contributed by atoms with van der Waals surface area (Å²) in [5.41, 5.74) is 5.38. The first kappa shape index (κ1) is 14.8. The highest BCUT2D eigenvalue weighted by Crippen LogP contribution is 2.35. The summed E-state index contributed by atoms with van der Waals surface area (Å²) in [6.45, 7) is 0. The quantitative estimate of drug-likeness (QED) is 0.859. The maximum Gasteiger partial charge on any atom is 0.137 e. The van der Waals surface area contributed by atoms with Crippen LogP contribution in [0.15, 0.2) is 48.3 Å². The Morgan fingerprint density at radius 3 is 2.73 bits per heavy atom. The van der Waals surface area contributed by atoms with Crippen molar-refractivity contribution in [1.29, 1.82) is 0 Å². The molecule has 1 aromatic carbocycles. The van der Waals surface area contributed by atoms with Crippen LogP contribution in [0.1, 0.15) is 29.2 Å². The molecule has 2 aromatic rings. The molecule has 0 amide bonds. The van der Waals surface area contributed by atoms with E-state index in [0.717, 1.165) is 18.6 Å².